The second kappa shape index (κ2) is 6.79. The molecule has 0 saturated heterocycles. The zero-order valence-electron chi connectivity index (χ0n) is 12.7. The van der Waals surface area contributed by atoms with Gasteiger partial charge in [-0.25, -0.2) is 4.98 Å². The lowest BCUT2D eigenvalue weighted by atomic mass is 10.1. The number of benzene rings is 1. The van der Waals surface area contributed by atoms with Crippen molar-refractivity contribution in [3.63, 3.8) is 0 Å². The van der Waals surface area contributed by atoms with Crippen molar-refractivity contribution in [2.45, 2.75) is 19.3 Å². The van der Waals surface area contributed by atoms with E-state index < -0.39 is 5.91 Å². The molecule has 1 heterocycles. The average Bonchev–Trinajstić information content (AvgIpc) is 3.30. The Morgan fingerprint density at radius 3 is 2.67 bits per heavy atom. The van der Waals surface area contributed by atoms with E-state index in [1.165, 1.54) is 11.3 Å². The molecule has 1 saturated carbocycles. The molecule has 0 spiro atoms. The summed E-state index contributed by atoms with van der Waals surface area (Å²) >= 11 is 1.28. The Labute approximate surface area is 142 Å². The quantitative estimate of drug-likeness (QED) is 0.741. The summed E-state index contributed by atoms with van der Waals surface area (Å²) in [4.78, 5) is 39.4. The maximum atomic E-state index is 12.1. The van der Waals surface area contributed by atoms with Gasteiger partial charge in [0.15, 0.2) is 5.13 Å². The van der Waals surface area contributed by atoms with Gasteiger partial charge in [0.1, 0.15) is 0 Å². The zero-order chi connectivity index (χ0) is 17.1. The minimum absolute atomic E-state index is 0.0178. The molecule has 2 aromatic rings. The molecule has 8 heteroatoms. The number of nitrogens with one attached hydrogen (secondary N) is 2. The summed E-state index contributed by atoms with van der Waals surface area (Å²) in [6, 6.07) is 6.54. The SMILES string of the molecule is NC(=O)c1ccccc1NC(=O)Cc1csc(NC(=O)C2CC2)n1. The molecule has 3 rings (SSSR count). The smallest absolute Gasteiger partial charge is 0.250 e. The molecule has 1 aliphatic carbocycles. The minimum atomic E-state index is -0.607. The highest BCUT2D eigenvalue weighted by atomic mass is 32.1. The molecule has 24 heavy (non-hydrogen) atoms. The van der Waals surface area contributed by atoms with Crippen molar-refractivity contribution in [3.05, 3.63) is 40.9 Å². The van der Waals surface area contributed by atoms with Gasteiger partial charge in [-0.15, -0.1) is 11.3 Å². The Balaban J connectivity index is 1.60. The van der Waals surface area contributed by atoms with E-state index in [0.717, 1.165) is 12.8 Å². The molecular weight excluding hydrogens is 328 g/mol. The molecule has 4 N–H and O–H groups in total. The van der Waals surface area contributed by atoms with Crippen molar-refractivity contribution in [2.75, 3.05) is 10.6 Å². The number of thiazole rings is 1. The molecule has 0 radical (unpaired) electrons. The monoisotopic (exact) mass is 344 g/mol. The number of hydrogen-bond donors (Lipinski definition) is 3. The lowest BCUT2D eigenvalue weighted by Crippen LogP contribution is -2.19. The van der Waals surface area contributed by atoms with E-state index in [4.69, 9.17) is 5.73 Å². The molecule has 1 aromatic heterocycles. The number of para-hydroxylation sites is 1. The molecule has 1 aromatic carbocycles. The number of carbonyl (C=O) groups is 3. The number of nitrogens with zero attached hydrogens (tertiary/aromatic N) is 1. The molecule has 7 nitrogen and oxygen atoms in total. The van der Waals surface area contributed by atoms with Crippen molar-refractivity contribution in [3.8, 4) is 0 Å². The lowest BCUT2D eigenvalue weighted by Gasteiger charge is -2.07. The Kier molecular flexibility index (Phi) is 4.57. The van der Waals surface area contributed by atoms with Crippen LogP contribution < -0.4 is 16.4 Å². The van der Waals surface area contributed by atoms with Crippen LogP contribution in [-0.2, 0) is 16.0 Å². The fourth-order valence-corrected chi connectivity index (χ4v) is 2.88. The number of nitrogens with two attached hydrogens (primary N) is 1. The van der Waals surface area contributed by atoms with Crippen molar-refractivity contribution in [1.82, 2.24) is 4.98 Å². The number of rotatable bonds is 6. The minimum Gasteiger partial charge on any atom is -0.366 e. The predicted octanol–water partition coefficient (Wildman–Crippen LogP) is 1.77. The van der Waals surface area contributed by atoms with Gasteiger partial charge >= 0.3 is 0 Å². The van der Waals surface area contributed by atoms with Crippen LogP contribution in [0.1, 0.15) is 28.9 Å². The number of primary amides is 1. The van der Waals surface area contributed by atoms with E-state index in [9.17, 15) is 14.4 Å². The van der Waals surface area contributed by atoms with Crippen LogP contribution in [0.25, 0.3) is 0 Å². The van der Waals surface area contributed by atoms with E-state index >= 15 is 0 Å². The molecule has 1 fully saturated rings. The highest BCUT2D eigenvalue weighted by Crippen LogP contribution is 2.30. The number of amides is 3. The van der Waals surface area contributed by atoms with Gasteiger partial charge in [0, 0.05) is 11.3 Å². The van der Waals surface area contributed by atoms with Crippen molar-refractivity contribution in [2.24, 2.45) is 11.7 Å². The van der Waals surface area contributed by atoms with Gasteiger partial charge in [0.2, 0.25) is 11.8 Å². The molecule has 0 atom stereocenters. The summed E-state index contributed by atoms with van der Waals surface area (Å²) in [5, 5.41) is 7.62. The van der Waals surface area contributed by atoms with E-state index in [0.29, 0.717) is 16.5 Å². The second-order valence-electron chi connectivity index (χ2n) is 5.54. The van der Waals surface area contributed by atoms with Gasteiger partial charge in [-0.05, 0) is 25.0 Å². The maximum absolute atomic E-state index is 12.1. The second-order valence-corrected chi connectivity index (χ2v) is 6.40. The first-order valence-electron chi connectivity index (χ1n) is 7.47. The van der Waals surface area contributed by atoms with E-state index in [1.807, 2.05) is 0 Å². The Bertz CT molecular complexity index is 798. The Morgan fingerprint density at radius 2 is 1.96 bits per heavy atom. The number of hydrogen-bond acceptors (Lipinski definition) is 5. The predicted molar refractivity (Wildman–Crippen MR) is 90.8 cm³/mol. The van der Waals surface area contributed by atoms with Gasteiger partial charge in [-0.1, -0.05) is 12.1 Å². The number of carbonyl (C=O) groups excluding carboxylic acids is 3. The van der Waals surface area contributed by atoms with Crippen LogP contribution in [0.4, 0.5) is 10.8 Å². The van der Waals surface area contributed by atoms with Crippen LogP contribution in [-0.4, -0.2) is 22.7 Å². The fourth-order valence-electron chi connectivity index (χ4n) is 2.16. The highest BCUT2D eigenvalue weighted by Gasteiger charge is 2.30. The largest absolute Gasteiger partial charge is 0.366 e. The van der Waals surface area contributed by atoms with Crippen LogP contribution in [0.5, 0.6) is 0 Å². The van der Waals surface area contributed by atoms with Crippen LogP contribution in [0, 0.1) is 5.92 Å². The summed E-state index contributed by atoms with van der Waals surface area (Å²) in [6.07, 6.45) is 1.89. The highest BCUT2D eigenvalue weighted by molar-refractivity contribution is 7.13. The first kappa shape index (κ1) is 16.1. The molecule has 0 bridgehead atoms. The zero-order valence-corrected chi connectivity index (χ0v) is 13.6. The first-order chi connectivity index (χ1) is 11.5. The van der Waals surface area contributed by atoms with Gasteiger partial charge in [0.25, 0.3) is 5.91 Å². The third-order valence-corrected chi connectivity index (χ3v) is 4.34. The molecule has 0 unspecified atom stereocenters. The van der Waals surface area contributed by atoms with Gasteiger partial charge in [-0.2, -0.15) is 0 Å². The lowest BCUT2D eigenvalue weighted by molar-refractivity contribution is -0.117. The molecular formula is C16H16N4O3S. The van der Waals surface area contributed by atoms with Crippen LogP contribution in [0.3, 0.4) is 0 Å². The summed E-state index contributed by atoms with van der Waals surface area (Å²) in [6.45, 7) is 0. The Morgan fingerprint density at radius 1 is 1.21 bits per heavy atom. The van der Waals surface area contributed by atoms with E-state index in [1.54, 1.807) is 29.6 Å². The van der Waals surface area contributed by atoms with E-state index in [-0.39, 0.29) is 29.7 Å². The van der Waals surface area contributed by atoms with Gasteiger partial charge in [-0.3, -0.25) is 14.4 Å². The summed E-state index contributed by atoms with van der Waals surface area (Å²) in [5.74, 6) is -0.833. The van der Waals surface area contributed by atoms with E-state index in [2.05, 4.69) is 15.6 Å². The summed E-state index contributed by atoms with van der Waals surface area (Å²) < 4.78 is 0. The number of aromatic nitrogens is 1. The normalized spacial score (nSPS) is 13.3. The number of anilines is 2. The fraction of sp³-hybridized carbons (Fsp3) is 0.250. The Hall–Kier alpha value is -2.74. The topological polar surface area (TPSA) is 114 Å². The average molecular weight is 344 g/mol. The van der Waals surface area contributed by atoms with Crippen LogP contribution in [0.2, 0.25) is 0 Å². The van der Waals surface area contributed by atoms with Crippen molar-refractivity contribution in [1.29, 1.82) is 0 Å². The van der Waals surface area contributed by atoms with Crippen LogP contribution >= 0.6 is 11.3 Å². The maximum Gasteiger partial charge on any atom is 0.250 e. The van der Waals surface area contributed by atoms with Gasteiger partial charge < -0.3 is 16.4 Å². The van der Waals surface area contributed by atoms with Crippen LogP contribution in [0.15, 0.2) is 29.6 Å². The summed E-state index contributed by atoms with van der Waals surface area (Å²) in [7, 11) is 0. The van der Waals surface area contributed by atoms with Crippen molar-refractivity contribution < 1.29 is 14.4 Å². The standard InChI is InChI=1S/C16H16N4O3S/c17-14(22)11-3-1-2-4-12(11)19-13(21)7-10-8-24-16(18-10)20-15(23)9-5-6-9/h1-4,8-9H,5-7H2,(H2,17,22)(H,19,21)(H,18,20,23). The molecule has 1 aliphatic rings. The first-order valence-corrected chi connectivity index (χ1v) is 8.35. The van der Waals surface area contributed by atoms with Crippen molar-refractivity contribution >= 4 is 39.9 Å². The van der Waals surface area contributed by atoms with Gasteiger partial charge in [0.05, 0.1) is 23.4 Å². The molecule has 0 aliphatic heterocycles. The molecule has 124 valence electrons. The molecule has 3 amide bonds. The third kappa shape index (κ3) is 3.96. The third-order valence-electron chi connectivity index (χ3n) is 3.54. The summed E-state index contributed by atoms with van der Waals surface area (Å²) in [5.41, 5.74) is 6.46.